The van der Waals surface area contributed by atoms with E-state index in [1.165, 1.54) is 6.33 Å². The Kier molecular flexibility index (Phi) is 5.56. The number of halogens is 2. The van der Waals surface area contributed by atoms with Crippen LogP contribution in [0.3, 0.4) is 0 Å². The molecule has 2 aromatic heterocycles. The molecule has 0 aliphatic carbocycles. The van der Waals surface area contributed by atoms with Gasteiger partial charge in [0.15, 0.2) is 0 Å². The Morgan fingerprint density at radius 1 is 1.06 bits per heavy atom. The molecule has 0 aliphatic rings. The van der Waals surface area contributed by atoms with E-state index in [4.69, 9.17) is 28.3 Å². The number of hydrogen-bond acceptors (Lipinski definition) is 4. The van der Waals surface area contributed by atoms with Gasteiger partial charge in [-0.15, -0.1) is 0 Å². The second kappa shape index (κ2) is 8.17. The third-order valence-corrected chi connectivity index (χ3v) is 5.47. The fraction of sp³-hybridized carbons (Fsp3) is 0.182. The summed E-state index contributed by atoms with van der Waals surface area (Å²) in [5.74, 6) is 0.511. The van der Waals surface area contributed by atoms with E-state index in [9.17, 15) is 4.79 Å². The lowest BCUT2D eigenvalue weighted by Gasteiger charge is -2.14. The second-order valence-corrected chi connectivity index (χ2v) is 8.81. The molecule has 4 rings (SSSR count). The van der Waals surface area contributed by atoms with Crippen LogP contribution in [0.4, 0.5) is 16.3 Å². The van der Waals surface area contributed by atoms with E-state index in [2.05, 4.69) is 41.4 Å². The molecular weight excluding hydrogens is 435 g/mol. The van der Waals surface area contributed by atoms with Gasteiger partial charge in [-0.05, 0) is 30.3 Å². The van der Waals surface area contributed by atoms with Gasteiger partial charge in [0.05, 0.1) is 32.6 Å². The van der Waals surface area contributed by atoms with Crippen molar-refractivity contribution in [2.75, 3.05) is 10.6 Å². The van der Waals surface area contributed by atoms with Crippen LogP contribution in [-0.2, 0) is 5.41 Å². The molecule has 2 aromatic carbocycles. The molecule has 4 aromatic rings. The van der Waals surface area contributed by atoms with Crippen molar-refractivity contribution in [3.8, 4) is 5.69 Å². The smallest absolute Gasteiger partial charge is 0.306 e. The van der Waals surface area contributed by atoms with Crippen LogP contribution in [0.15, 0.2) is 55.0 Å². The van der Waals surface area contributed by atoms with Gasteiger partial charge in [-0.2, -0.15) is 5.10 Å². The number of carbonyl (C=O) groups is 1. The van der Waals surface area contributed by atoms with Crippen molar-refractivity contribution in [2.24, 2.45) is 0 Å². The van der Waals surface area contributed by atoms with Gasteiger partial charge < -0.3 is 5.32 Å². The Morgan fingerprint density at radius 2 is 1.87 bits per heavy atom. The molecule has 0 aliphatic heterocycles. The van der Waals surface area contributed by atoms with Crippen molar-refractivity contribution in [1.29, 1.82) is 0 Å². The van der Waals surface area contributed by atoms with E-state index in [-0.39, 0.29) is 10.4 Å². The molecule has 7 nitrogen and oxygen atoms in total. The minimum atomic E-state index is -0.463. The molecule has 0 unspecified atom stereocenters. The zero-order valence-electron chi connectivity index (χ0n) is 17.1. The molecule has 2 heterocycles. The van der Waals surface area contributed by atoms with Crippen LogP contribution in [0.2, 0.25) is 10.0 Å². The number of nitrogens with one attached hydrogen (secondary N) is 2. The van der Waals surface area contributed by atoms with Crippen LogP contribution in [-0.4, -0.2) is 25.8 Å². The highest BCUT2D eigenvalue weighted by molar-refractivity contribution is 6.44. The number of fused-ring (bicyclic) bond motifs is 1. The molecule has 158 valence electrons. The van der Waals surface area contributed by atoms with Crippen LogP contribution in [0.1, 0.15) is 26.5 Å². The van der Waals surface area contributed by atoms with Crippen LogP contribution in [0.5, 0.6) is 0 Å². The summed E-state index contributed by atoms with van der Waals surface area (Å²) in [5, 5.41) is 11.8. The number of aromatic nitrogens is 4. The van der Waals surface area contributed by atoms with E-state index in [1.54, 1.807) is 29.1 Å². The largest absolute Gasteiger partial charge is 0.324 e. The zero-order chi connectivity index (χ0) is 22.2. The maximum atomic E-state index is 12.7. The molecule has 0 fully saturated rings. The fourth-order valence-corrected chi connectivity index (χ4v) is 3.36. The topological polar surface area (TPSA) is 84.7 Å². The van der Waals surface area contributed by atoms with Gasteiger partial charge in [-0.3, -0.25) is 5.32 Å². The second-order valence-electron chi connectivity index (χ2n) is 8.02. The molecule has 0 saturated carbocycles. The molecule has 0 bridgehead atoms. The highest BCUT2D eigenvalue weighted by Gasteiger charge is 2.22. The minimum absolute atomic E-state index is 0.214. The Balaban J connectivity index is 1.70. The molecule has 0 radical (unpaired) electrons. The normalized spacial score (nSPS) is 11.5. The molecule has 31 heavy (non-hydrogen) atoms. The van der Waals surface area contributed by atoms with Crippen molar-refractivity contribution in [3.63, 3.8) is 0 Å². The molecule has 0 atom stereocenters. The Morgan fingerprint density at radius 3 is 2.65 bits per heavy atom. The van der Waals surface area contributed by atoms with E-state index in [0.717, 1.165) is 22.3 Å². The third-order valence-electron chi connectivity index (χ3n) is 4.65. The number of rotatable bonds is 3. The molecule has 9 heteroatoms. The average Bonchev–Trinajstić information content (AvgIpc) is 3.15. The maximum absolute atomic E-state index is 12.7. The molecule has 2 amide bonds. The van der Waals surface area contributed by atoms with Crippen molar-refractivity contribution in [3.05, 3.63) is 70.7 Å². The van der Waals surface area contributed by atoms with E-state index < -0.39 is 6.03 Å². The summed E-state index contributed by atoms with van der Waals surface area (Å²) in [5.41, 5.74) is 2.62. The van der Waals surface area contributed by atoms with Gasteiger partial charge in [0.2, 0.25) is 0 Å². The number of urea groups is 1. The number of amides is 2. The number of nitrogens with zero attached hydrogens (tertiary/aromatic N) is 4. The predicted molar refractivity (Wildman–Crippen MR) is 124 cm³/mol. The number of carbonyl (C=O) groups excluding carboxylic acids is 1. The zero-order valence-corrected chi connectivity index (χ0v) is 18.7. The van der Waals surface area contributed by atoms with Gasteiger partial charge in [-0.25, -0.2) is 19.4 Å². The lowest BCUT2D eigenvalue weighted by atomic mass is 9.92. The Bertz CT molecular complexity index is 1280. The Labute approximate surface area is 189 Å². The molecule has 0 saturated heterocycles. The van der Waals surface area contributed by atoms with Crippen LogP contribution >= 0.6 is 23.2 Å². The lowest BCUT2D eigenvalue weighted by molar-refractivity contribution is 0.262. The first-order valence-corrected chi connectivity index (χ1v) is 10.3. The summed E-state index contributed by atoms with van der Waals surface area (Å²) in [6.07, 6.45) is 3.24. The van der Waals surface area contributed by atoms with E-state index in [1.807, 2.05) is 24.3 Å². The first kappa shape index (κ1) is 21.1. The quantitative estimate of drug-likeness (QED) is 0.393. The number of anilines is 2. The first-order chi connectivity index (χ1) is 14.7. The minimum Gasteiger partial charge on any atom is -0.306 e. The molecular formula is C22H20Cl2N6O. The fourth-order valence-electron chi connectivity index (χ4n) is 3.01. The molecule has 0 spiro atoms. The van der Waals surface area contributed by atoms with Gasteiger partial charge in [-0.1, -0.05) is 50.0 Å². The van der Waals surface area contributed by atoms with Crippen molar-refractivity contribution in [2.45, 2.75) is 26.2 Å². The SMILES string of the molecule is CC(C)(C)c1cc(NC(=O)Nc2cccc(Cl)c2Cl)n(-c2ccc3ncncc3c2)n1. The van der Waals surface area contributed by atoms with E-state index in [0.29, 0.717) is 16.5 Å². The van der Waals surface area contributed by atoms with Crippen molar-refractivity contribution in [1.82, 2.24) is 19.7 Å². The summed E-state index contributed by atoms with van der Waals surface area (Å²) in [6, 6.07) is 12.1. The third kappa shape index (κ3) is 4.47. The van der Waals surface area contributed by atoms with Gasteiger partial charge in [0, 0.05) is 23.1 Å². The van der Waals surface area contributed by atoms with Crippen molar-refractivity contribution < 1.29 is 4.79 Å². The summed E-state index contributed by atoms with van der Waals surface area (Å²) >= 11 is 12.2. The first-order valence-electron chi connectivity index (χ1n) is 9.55. The Hall–Kier alpha value is -3.16. The average molecular weight is 455 g/mol. The lowest BCUT2D eigenvalue weighted by Crippen LogP contribution is -2.21. The van der Waals surface area contributed by atoms with Crippen molar-refractivity contribution >= 4 is 51.6 Å². The summed E-state index contributed by atoms with van der Waals surface area (Å²) in [7, 11) is 0. The van der Waals surface area contributed by atoms with Gasteiger partial charge >= 0.3 is 6.03 Å². The monoisotopic (exact) mass is 454 g/mol. The predicted octanol–water partition coefficient (Wildman–Crippen LogP) is 6.06. The summed E-state index contributed by atoms with van der Waals surface area (Å²) in [4.78, 5) is 21.0. The molecule has 2 N–H and O–H groups in total. The number of benzene rings is 2. The van der Waals surface area contributed by atoms with Gasteiger partial charge in [0.1, 0.15) is 12.1 Å². The summed E-state index contributed by atoms with van der Waals surface area (Å²) in [6.45, 7) is 6.18. The van der Waals surface area contributed by atoms with Crippen LogP contribution in [0, 0.1) is 0 Å². The standard InChI is InChI=1S/C22H20Cl2N6O/c1-22(2,3)18-10-19(28-21(31)27-17-6-4-5-15(23)20(17)24)30(29-18)14-7-8-16-13(9-14)11-25-12-26-16/h4-12H,1-3H3,(H2,27,28,31). The highest BCUT2D eigenvalue weighted by Crippen LogP contribution is 2.30. The van der Waals surface area contributed by atoms with Crippen LogP contribution in [0.25, 0.3) is 16.6 Å². The summed E-state index contributed by atoms with van der Waals surface area (Å²) < 4.78 is 1.69. The maximum Gasteiger partial charge on any atom is 0.324 e. The van der Waals surface area contributed by atoms with E-state index >= 15 is 0 Å². The highest BCUT2D eigenvalue weighted by atomic mass is 35.5. The van der Waals surface area contributed by atoms with Gasteiger partial charge in [0.25, 0.3) is 0 Å². The number of hydrogen-bond donors (Lipinski definition) is 2. The van der Waals surface area contributed by atoms with Crippen LogP contribution < -0.4 is 10.6 Å².